The van der Waals surface area contributed by atoms with E-state index in [-0.39, 0.29) is 5.95 Å². The summed E-state index contributed by atoms with van der Waals surface area (Å²) in [5.41, 5.74) is 14.8. The number of aromatic amines is 1. The van der Waals surface area contributed by atoms with Crippen molar-refractivity contribution in [2.75, 3.05) is 16.8 Å². The molecule has 0 saturated carbocycles. The van der Waals surface area contributed by atoms with Gasteiger partial charge in [0.15, 0.2) is 0 Å². The summed E-state index contributed by atoms with van der Waals surface area (Å²) in [5, 5.41) is 4.33. The molecule has 26 heavy (non-hydrogen) atoms. The summed E-state index contributed by atoms with van der Waals surface area (Å²) in [6.45, 7) is 0.644. The van der Waals surface area contributed by atoms with E-state index in [2.05, 4.69) is 20.3 Å². The van der Waals surface area contributed by atoms with Crippen LogP contribution in [0.3, 0.4) is 0 Å². The maximum Gasteiger partial charge on any atom is 0.221 e. The quantitative estimate of drug-likeness (QED) is 0.411. The van der Waals surface area contributed by atoms with Crippen molar-refractivity contribution in [3.8, 4) is 11.5 Å². The maximum atomic E-state index is 5.79. The average Bonchev–Trinajstić information content (AvgIpc) is 3.05. The number of H-pyrrole nitrogens is 1. The molecule has 0 atom stereocenters. The summed E-state index contributed by atoms with van der Waals surface area (Å²) in [7, 11) is 0. The van der Waals surface area contributed by atoms with Gasteiger partial charge in [0.1, 0.15) is 17.1 Å². The average molecular weight is 346 g/mol. The lowest BCUT2D eigenvalue weighted by atomic mass is 10.2. The van der Waals surface area contributed by atoms with Gasteiger partial charge >= 0.3 is 0 Å². The first-order valence-corrected chi connectivity index (χ1v) is 8.13. The molecule has 4 aromatic rings. The number of rotatable bonds is 5. The van der Waals surface area contributed by atoms with Crippen LogP contribution in [0.4, 0.5) is 17.3 Å². The second-order valence-electron chi connectivity index (χ2n) is 5.85. The van der Waals surface area contributed by atoms with E-state index < -0.39 is 0 Å². The van der Waals surface area contributed by atoms with Crippen molar-refractivity contribution in [1.29, 1.82) is 0 Å². The molecule has 7 heteroatoms. The number of nitrogens with zero attached hydrogens (tertiary/aromatic N) is 2. The van der Waals surface area contributed by atoms with Gasteiger partial charge in [-0.1, -0.05) is 0 Å². The SMILES string of the molecule is Nc1ccc(Oc2ccc(NCc3c[nH]c4nc(N)ncc34)cc2)cc1. The van der Waals surface area contributed by atoms with E-state index in [1.165, 1.54) is 0 Å². The number of hydrogen-bond acceptors (Lipinski definition) is 6. The molecule has 0 radical (unpaired) electrons. The third-order valence-corrected chi connectivity index (χ3v) is 3.99. The summed E-state index contributed by atoms with van der Waals surface area (Å²) >= 11 is 0. The first kappa shape index (κ1) is 15.8. The van der Waals surface area contributed by atoms with Crippen molar-refractivity contribution in [2.24, 2.45) is 0 Å². The molecule has 2 heterocycles. The van der Waals surface area contributed by atoms with Gasteiger partial charge in [0.2, 0.25) is 5.95 Å². The zero-order valence-electron chi connectivity index (χ0n) is 13.9. The van der Waals surface area contributed by atoms with E-state index >= 15 is 0 Å². The van der Waals surface area contributed by atoms with Crippen molar-refractivity contribution in [2.45, 2.75) is 6.54 Å². The second-order valence-corrected chi connectivity index (χ2v) is 5.85. The lowest BCUT2D eigenvalue weighted by Gasteiger charge is -2.09. The predicted molar refractivity (Wildman–Crippen MR) is 103 cm³/mol. The molecule has 7 nitrogen and oxygen atoms in total. The van der Waals surface area contributed by atoms with Crippen molar-refractivity contribution < 1.29 is 4.74 Å². The lowest BCUT2D eigenvalue weighted by molar-refractivity contribution is 0.483. The van der Waals surface area contributed by atoms with Crippen LogP contribution in [0.1, 0.15) is 5.56 Å². The molecule has 0 amide bonds. The number of fused-ring (bicyclic) bond motifs is 1. The Morgan fingerprint density at radius 3 is 2.38 bits per heavy atom. The first-order chi connectivity index (χ1) is 12.7. The second kappa shape index (κ2) is 6.64. The Balaban J connectivity index is 1.41. The van der Waals surface area contributed by atoms with E-state index in [9.17, 15) is 0 Å². The summed E-state index contributed by atoms with van der Waals surface area (Å²) in [4.78, 5) is 11.3. The van der Waals surface area contributed by atoms with Gasteiger partial charge in [0, 0.05) is 35.7 Å². The Hall–Kier alpha value is -3.74. The number of hydrogen-bond donors (Lipinski definition) is 4. The van der Waals surface area contributed by atoms with Gasteiger partial charge in [0.25, 0.3) is 0 Å². The normalized spacial score (nSPS) is 10.8. The van der Waals surface area contributed by atoms with Gasteiger partial charge in [-0.2, -0.15) is 4.98 Å². The molecule has 6 N–H and O–H groups in total. The minimum atomic E-state index is 0.260. The topological polar surface area (TPSA) is 115 Å². The highest BCUT2D eigenvalue weighted by Crippen LogP contribution is 2.24. The van der Waals surface area contributed by atoms with Crippen LogP contribution in [0, 0.1) is 0 Å². The van der Waals surface area contributed by atoms with Crippen LogP contribution in [-0.4, -0.2) is 15.0 Å². The number of benzene rings is 2. The molecule has 0 saturated heterocycles. The van der Waals surface area contributed by atoms with Crippen LogP contribution in [-0.2, 0) is 6.54 Å². The van der Waals surface area contributed by atoms with Crippen LogP contribution in [0.15, 0.2) is 60.9 Å². The Kier molecular flexibility index (Phi) is 4.03. The maximum absolute atomic E-state index is 5.79. The van der Waals surface area contributed by atoms with Crippen LogP contribution in [0.5, 0.6) is 11.5 Å². The lowest BCUT2D eigenvalue weighted by Crippen LogP contribution is -1.99. The van der Waals surface area contributed by atoms with E-state index in [1.807, 2.05) is 54.7 Å². The molecule has 130 valence electrons. The van der Waals surface area contributed by atoms with E-state index in [0.717, 1.165) is 33.8 Å². The molecule has 0 aliphatic carbocycles. The molecule has 0 aliphatic rings. The van der Waals surface area contributed by atoms with Crippen LogP contribution in [0.2, 0.25) is 0 Å². The van der Waals surface area contributed by atoms with Gasteiger partial charge in [-0.15, -0.1) is 0 Å². The number of nitrogens with two attached hydrogens (primary N) is 2. The van der Waals surface area contributed by atoms with Gasteiger partial charge in [-0.3, -0.25) is 0 Å². The summed E-state index contributed by atoms with van der Waals surface area (Å²) < 4.78 is 5.79. The zero-order valence-corrected chi connectivity index (χ0v) is 13.9. The highest BCUT2D eigenvalue weighted by Gasteiger charge is 2.06. The molecule has 0 fully saturated rings. The number of ether oxygens (including phenoxy) is 1. The van der Waals surface area contributed by atoms with Crippen LogP contribution in [0.25, 0.3) is 11.0 Å². The third kappa shape index (κ3) is 3.36. The number of nitrogen functional groups attached to an aromatic ring is 2. The third-order valence-electron chi connectivity index (χ3n) is 3.99. The molecular formula is C19H18N6O. The van der Waals surface area contributed by atoms with Gasteiger partial charge in [-0.25, -0.2) is 4.98 Å². The molecular weight excluding hydrogens is 328 g/mol. The molecule has 2 aromatic carbocycles. The molecule has 0 bridgehead atoms. The highest BCUT2D eigenvalue weighted by atomic mass is 16.5. The largest absolute Gasteiger partial charge is 0.457 e. The minimum absolute atomic E-state index is 0.260. The number of nitrogens with one attached hydrogen (secondary N) is 2. The molecule has 0 unspecified atom stereocenters. The van der Waals surface area contributed by atoms with E-state index in [0.29, 0.717) is 12.2 Å². The Bertz CT molecular complexity index is 1020. The van der Waals surface area contributed by atoms with Crippen molar-refractivity contribution >= 4 is 28.4 Å². The smallest absolute Gasteiger partial charge is 0.221 e. The molecule has 4 rings (SSSR count). The summed E-state index contributed by atoms with van der Waals surface area (Å²) in [6, 6.07) is 15.1. The standard InChI is InChI=1S/C19H18N6O/c20-13-1-5-15(6-2-13)26-16-7-3-14(4-8-16)22-9-12-10-23-18-17(12)11-24-19(21)25-18/h1-8,10-11,22H,9,20H2,(H3,21,23,24,25). The number of aromatic nitrogens is 3. The van der Waals surface area contributed by atoms with Crippen LogP contribution < -0.4 is 21.5 Å². The molecule has 0 spiro atoms. The molecule has 0 aliphatic heterocycles. The predicted octanol–water partition coefficient (Wildman–Crippen LogP) is 3.53. The van der Waals surface area contributed by atoms with Crippen molar-refractivity contribution in [1.82, 2.24) is 15.0 Å². The van der Waals surface area contributed by atoms with E-state index in [4.69, 9.17) is 16.2 Å². The first-order valence-electron chi connectivity index (χ1n) is 8.13. The van der Waals surface area contributed by atoms with Gasteiger partial charge in [0.05, 0.1) is 0 Å². The van der Waals surface area contributed by atoms with Crippen molar-refractivity contribution in [3.05, 3.63) is 66.5 Å². The van der Waals surface area contributed by atoms with Crippen molar-refractivity contribution in [3.63, 3.8) is 0 Å². The van der Waals surface area contributed by atoms with Gasteiger partial charge in [-0.05, 0) is 54.1 Å². The number of anilines is 3. The Morgan fingerprint density at radius 1 is 0.962 bits per heavy atom. The fourth-order valence-electron chi connectivity index (χ4n) is 2.63. The Labute approximate surface area is 150 Å². The summed E-state index contributed by atoms with van der Waals surface area (Å²) in [5.74, 6) is 1.77. The van der Waals surface area contributed by atoms with Crippen LogP contribution >= 0.6 is 0 Å². The monoisotopic (exact) mass is 346 g/mol. The Morgan fingerprint density at radius 2 is 1.65 bits per heavy atom. The van der Waals surface area contributed by atoms with Gasteiger partial charge < -0.3 is 26.5 Å². The fraction of sp³-hybridized carbons (Fsp3) is 0.0526. The summed E-state index contributed by atoms with van der Waals surface area (Å²) in [6.07, 6.45) is 3.64. The van der Waals surface area contributed by atoms with E-state index in [1.54, 1.807) is 6.20 Å². The molecule has 2 aromatic heterocycles. The zero-order chi connectivity index (χ0) is 17.9. The minimum Gasteiger partial charge on any atom is -0.457 e. The highest BCUT2D eigenvalue weighted by molar-refractivity contribution is 5.79. The fourth-order valence-corrected chi connectivity index (χ4v) is 2.63.